The van der Waals surface area contributed by atoms with E-state index in [0.717, 1.165) is 50.5 Å². The van der Waals surface area contributed by atoms with Crippen molar-refractivity contribution in [1.82, 2.24) is 15.1 Å². The van der Waals surface area contributed by atoms with E-state index in [2.05, 4.69) is 16.2 Å². The third-order valence-corrected chi connectivity index (χ3v) is 4.42. The van der Waals surface area contributed by atoms with Crippen LogP contribution in [0.15, 0.2) is 16.7 Å². The fourth-order valence-electron chi connectivity index (χ4n) is 3.16. The number of fused-ring (bicyclic) bond motifs is 1. The molecule has 1 fully saturated rings. The molecule has 0 unspecified atom stereocenters. The van der Waals surface area contributed by atoms with Crippen LogP contribution in [0.1, 0.15) is 48.7 Å². The minimum Gasteiger partial charge on any atom is -0.381 e. The predicted molar refractivity (Wildman–Crippen MR) is 77.0 cm³/mol. The normalized spacial score (nSPS) is 19.4. The molecule has 0 atom stereocenters. The Labute approximate surface area is 123 Å². The first-order valence-electron chi connectivity index (χ1n) is 7.81. The molecule has 3 heterocycles. The summed E-state index contributed by atoms with van der Waals surface area (Å²) in [6, 6.07) is 4.18. The number of nitrogens with zero attached hydrogens (tertiary/aromatic N) is 3. The summed E-state index contributed by atoms with van der Waals surface area (Å²) in [6.45, 7) is 1.55. The Balaban J connectivity index is 1.60. The Bertz CT molecular complexity index is 632. The van der Waals surface area contributed by atoms with Crippen LogP contribution in [0.3, 0.4) is 0 Å². The minimum absolute atomic E-state index is 0.331. The van der Waals surface area contributed by atoms with Crippen LogP contribution in [0.2, 0.25) is 0 Å². The molecule has 5 heteroatoms. The maximum absolute atomic E-state index is 5.45. The fourth-order valence-corrected chi connectivity index (χ4v) is 3.16. The van der Waals surface area contributed by atoms with E-state index in [1.165, 1.54) is 24.1 Å². The summed E-state index contributed by atoms with van der Waals surface area (Å²) >= 11 is 0. The molecule has 21 heavy (non-hydrogen) atoms. The smallest absolute Gasteiger partial charge is 0.230 e. The van der Waals surface area contributed by atoms with E-state index in [1.807, 2.05) is 6.07 Å². The number of hydrogen-bond acceptors (Lipinski definition) is 5. The number of rotatable bonds is 2. The van der Waals surface area contributed by atoms with Gasteiger partial charge in [-0.15, -0.1) is 0 Å². The lowest BCUT2D eigenvalue weighted by molar-refractivity contribution is 0.0778. The van der Waals surface area contributed by atoms with Crippen molar-refractivity contribution in [3.8, 4) is 11.5 Å². The highest BCUT2D eigenvalue weighted by molar-refractivity contribution is 5.50. The van der Waals surface area contributed by atoms with E-state index < -0.39 is 0 Å². The summed E-state index contributed by atoms with van der Waals surface area (Å²) in [5.41, 5.74) is 3.41. The van der Waals surface area contributed by atoms with Crippen LogP contribution in [0.5, 0.6) is 0 Å². The average molecular weight is 285 g/mol. The molecule has 1 aliphatic heterocycles. The van der Waals surface area contributed by atoms with E-state index in [9.17, 15) is 0 Å². The summed E-state index contributed by atoms with van der Waals surface area (Å²) in [5.74, 6) is 1.68. The zero-order valence-corrected chi connectivity index (χ0v) is 12.0. The Kier molecular flexibility index (Phi) is 3.43. The molecule has 0 spiro atoms. The van der Waals surface area contributed by atoms with Crippen molar-refractivity contribution >= 4 is 0 Å². The monoisotopic (exact) mass is 285 g/mol. The fraction of sp³-hybridized carbons (Fsp3) is 0.562. The van der Waals surface area contributed by atoms with Crippen LogP contribution in [0.25, 0.3) is 11.5 Å². The SMILES string of the molecule is c1cc2c(nc1-c1noc(C3CCOCC3)n1)CCCC2. The Hall–Kier alpha value is -1.75. The van der Waals surface area contributed by atoms with Gasteiger partial charge in [-0.1, -0.05) is 11.2 Å². The van der Waals surface area contributed by atoms with Gasteiger partial charge in [-0.2, -0.15) is 4.98 Å². The molecule has 0 saturated carbocycles. The number of aromatic nitrogens is 3. The van der Waals surface area contributed by atoms with Gasteiger partial charge in [0, 0.05) is 24.8 Å². The standard InChI is InChI=1S/C16H19N3O2/c1-2-4-13-11(3-1)5-6-14(17-13)15-18-16(21-19-15)12-7-9-20-10-8-12/h5-6,12H,1-4,7-10H2. The molecule has 110 valence electrons. The molecule has 0 amide bonds. The van der Waals surface area contributed by atoms with Crippen molar-refractivity contribution < 1.29 is 9.26 Å². The lowest BCUT2D eigenvalue weighted by Gasteiger charge is -2.17. The quantitative estimate of drug-likeness (QED) is 0.849. The largest absolute Gasteiger partial charge is 0.381 e. The molecule has 0 aromatic carbocycles. The molecular formula is C16H19N3O2. The summed E-state index contributed by atoms with van der Waals surface area (Å²) < 4.78 is 10.8. The van der Waals surface area contributed by atoms with Gasteiger partial charge in [0.15, 0.2) is 0 Å². The zero-order chi connectivity index (χ0) is 14.1. The maximum atomic E-state index is 5.45. The summed E-state index contributed by atoms with van der Waals surface area (Å²) in [7, 11) is 0. The van der Waals surface area contributed by atoms with Crippen LogP contribution < -0.4 is 0 Å². The lowest BCUT2D eigenvalue weighted by Crippen LogP contribution is -2.14. The number of ether oxygens (including phenoxy) is 1. The molecule has 1 aliphatic carbocycles. The van der Waals surface area contributed by atoms with E-state index >= 15 is 0 Å². The second-order valence-electron chi connectivity index (χ2n) is 5.85. The molecule has 2 aromatic rings. The van der Waals surface area contributed by atoms with Gasteiger partial charge in [0.25, 0.3) is 0 Å². The van der Waals surface area contributed by atoms with Gasteiger partial charge < -0.3 is 9.26 Å². The Morgan fingerprint density at radius 2 is 1.86 bits per heavy atom. The second-order valence-corrected chi connectivity index (χ2v) is 5.85. The molecule has 5 nitrogen and oxygen atoms in total. The molecule has 0 N–H and O–H groups in total. The van der Waals surface area contributed by atoms with Gasteiger partial charge in [-0.3, -0.25) is 0 Å². The third-order valence-electron chi connectivity index (χ3n) is 4.42. The third kappa shape index (κ3) is 2.58. The van der Waals surface area contributed by atoms with Gasteiger partial charge in [0.2, 0.25) is 11.7 Å². The highest BCUT2D eigenvalue weighted by atomic mass is 16.5. The highest BCUT2D eigenvalue weighted by Gasteiger charge is 2.23. The Morgan fingerprint density at radius 1 is 1.00 bits per heavy atom. The Morgan fingerprint density at radius 3 is 2.76 bits per heavy atom. The minimum atomic E-state index is 0.331. The van der Waals surface area contributed by atoms with E-state index in [1.54, 1.807) is 0 Å². The van der Waals surface area contributed by atoms with Crippen molar-refractivity contribution in [2.75, 3.05) is 13.2 Å². The number of hydrogen-bond donors (Lipinski definition) is 0. The molecule has 0 radical (unpaired) electrons. The first kappa shape index (κ1) is 13.0. The molecule has 4 rings (SSSR count). The zero-order valence-electron chi connectivity index (χ0n) is 12.0. The first-order chi connectivity index (χ1) is 10.4. The molecule has 2 aromatic heterocycles. The van der Waals surface area contributed by atoms with Gasteiger partial charge in [-0.05, 0) is 50.2 Å². The summed E-state index contributed by atoms with van der Waals surface area (Å²) in [6.07, 6.45) is 6.61. The van der Waals surface area contributed by atoms with E-state index in [4.69, 9.17) is 14.2 Å². The number of pyridine rings is 1. The van der Waals surface area contributed by atoms with Crippen molar-refractivity contribution in [3.63, 3.8) is 0 Å². The average Bonchev–Trinajstić information content (AvgIpc) is 3.05. The van der Waals surface area contributed by atoms with Gasteiger partial charge >= 0.3 is 0 Å². The topological polar surface area (TPSA) is 61.0 Å². The second kappa shape index (κ2) is 5.56. The van der Waals surface area contributed by atoms with Crippen LogP contribution in [-0.4, -0.2) is 28.3 Å². The predicted octanol–water partition coefficient (Wildman–Crippen LogP) is 2.90. The van der Waals surface area contributed by atoms with Crippen LogP contribution in [0, 0.1) is 0 Å². The lowest BCUT2D eigenvalue weighted by atomic mass is 9.96. The molecular weight excluding hydrogens is 266 g/mol. The summed E-state index contributed by atoms with van der Waals surface area (Å²) in [5, 5.41) is 4.12. The molecule has 1 saturated heterocycles. The van der Waals surface area contributed by atoms with E-state index in [-0.39, 0.29) is 0 Å². The van der Waals surface area contributed by atoms with Gasteiger partial charge in [0.05, 0.1) is 0 Å². The van der Waals surface area contributed by atoms with Crippen LogP contribution in [-0.2, 0) is 17.6 Å². The van der Waals surface area contributed by atoms with Crippen LogP contribution >= 0.6 is 0 Å². The van der Waals surface area contributed by atoms with Crippen molar-refractivity contribution in [2.45, 2.75) is 44.4 Å². The maximum Gasteiger partial charge on any atom is 0.230 e. The number of aryl methyl sites for hydroxylation is 2. The van der Waals surface area contributed by atoms with Crippen molar-refractivity contribution in [1.29, 1.82) is 0 Å². The highest BCUT2D eigenvalue weighted by Crippen LogP contribution is 2.28. The van der Waals surface area contributed by atoms with Gasteiger partial charge in [0.1, 0.15) is 5.69 Å². The van der Waals surface area contributed by atoms with Gasteiger partial charge in [-0.25, -0.2) is 4.98 Å². The van der Waals surface area contributed by atoms with Crippen molar-refractivity contribution in [3.05, 3.63) is 29.3 Å². The molecule has 0 bridgehead atoms. The summed E-state index contributed by atoms with van der Waals surface area (Å²) in [4.78, 5) is 9.29. The van der Waals surface area contributed by atoms with E-state index in [0.29, 0.717) is 11.7 Å². The molecule has 2 aliphatic rings. The first-order valence-corrected chi connectivity index (χ1v) is 7.81. The van der Waals surface area contributed by atoms with Crippen LogP contribution in [0.4, 0.5) is 0 Å². The van der Waals surface area contributed by atoms with Crippen molar-refractivity contribution in [2.24, 2.45) is 0 Å².